The number of rotatable bonds is 3. The summed E-state index contributed by atoms with van der Waals surface area (Å²) >= 11 is 0. The van der Waals surface area contributed by atoms with Gasteiger partial charge in [0.2, 0.25) is 0 Å². The lowest BCUT2D eigenvalue weighted by Crippen LogP contribution is -2.52. The van der Waals surface area contributed by atoms with E-state index >= 15 is 0 Å². The number of hydrogen-bond donors (Lipinski definition) is 2. The fraction of sp³-hybridized carbons (Fsp3) is 0.571. The highest BCUT2D eigenvalue weighted by Gasteiger charge is 2.21. The molecular weight excluding hydrogens is 212 g/mol. The quantitative estimate of drug-likeness (QED) is 0.837. The Labute approximate surface area is 103 Å². The van der Waals surface area contributed by atoms with Gasteiger partial charge in [-0.15, -0.1) is 0 Å². The normalized spacial score (nSPS) is 21.9. The summed E-state index contributed by atoms with van der Waals surface area (Å²) in [6.07, 6.45) is 0. The number of hydrogen-bond acceptors (Lipinski definition) is 3. The summed E-state index contributed by atoms with van der Waals surface area (Å²) in [7, 11) is 0. The zero-order valence-corrected chi connectivity index (χ0v) is 10.7. The van der Waals surface area contributed by atoms with E-state index in [9.17, 15) is 5.11 Å². The maximum Gasteiger partial charge on any atom is 0.115 e. The van der Waals surface area contributed by atoms with Gasteiger partial charge in [-0.3, -0.25) is 4.90 Å². The van der Waals surface area contributed by atoms with Crippen molar-refractivity contribution in [3.63, 3.8) is 0 Å². The average molecular weight is 234 g/mol. The molecule has 3 nitrogen and oxygen atoms in total. The molecule has 3 heteroatoms. The van der Waals surface area contributed by atoms with E-state index in [4.69, 9.17) is 0 Å². The van der Waals surface area contributed by atoms with Crippen LogP contribution in [-0.2, 0) is 6.54 Å². The van der Waals surface area contributed by atoms with Gasteiger partial charge in [0.15, 0.2) is 0 Å². The molecule has 1 unspecified atom stereocenters. The topological polar surface area (TPSA) is 35.5 Å². The lowest BCUT2D eigenvalue weighted by molar-refractivity contribution is 0.168. The van der Waals surface area contributed by atoms with E-state index in [1.165, 1.54) is 5.56 Å². The van der Waals surface area contributed by atoms with Gasteiger partial charge >= 0.3 is 0 Å². The highest BCUT2D eigenvalue weighted by Crippen LogP contribution is 2.15. The van der Waals surface area contributed by atoms with Crippen molar-refractivity contribution in [1.29, 1.82) is 0 Å². The van der Waals surface area contributed by atoms with Gasteiger partial charge in [-0.2, -0.15) is 0 Å². The molecule has 0 amide bonds. The molecule has 1 atom stereocenters. The van der Waals surface area contributed by atoms with E-state index in [2.05, 4.69) is 30.1 Å². The Hall–Kier alpha value is -1.06. The first-order valence-corrected chi connectivity index (χ1v) is 6.39. The van der Waals surface area contributed by atoms with Crippen molar-refractivity contribution in [3.05, 3.63) is 29.8 Å². The number of nitrogens with one attached hydrogen (secondary N) is 1. The molecule has 0 spiro atoms. The van der Waals surface area contributed by atoms with E-state index in [-0.39, 0.29) is 0 Å². The monoisotopic (exact) mass is 234 g/mol. The molecule has 0 bridgehead atoms. The Morgan fingerprint density at radius 1 is 1.47 bits per heavy atom. The van der Waals surface area contributed by atoms with Crippen LogP contribution in [0.25, 0.3) is 0 Å². The maximum atomic E-state index is 9.45. The Morgan fingerprint density at radius 3 is 3.00 bits per heavy atom. The minimum atomic E-state index is 0.359. The fourth-order valence-electron chi connectivity index (χ4n) is 2.35. The van der Waals surface area contributed by atoms with Crippen LogP contribution < -0.4 is 5.32 Å². The molecule has 1 aromatic carbocycles. The average Bonchev–Trinajstić information content (AvgIpc) is 2.29. The first-order chi connectivity index (χ1) is 8.15. The van der Waals surface area contributed by atoms with Crippen LogP contribution in [0.4, 0.5) is 0 Å². The Bertz CT molecular complexity index is 365. The highest BCUT2D eigenvalue weighted by molar-refractivity contribution is 5.27. The van der Waals surface area contributed by atoms with E-state index < -0.39 is 0 Å². The number of nitrogens with zero attached hydrogens (tertiary/aromatic N) is 1. The van der Waals surface area contributed by atoms with Gasteiger partial charge in [-0.05, 0) is 23.6 Å². The molecule has 1 fully saturated rings. The molecule has 0 saturated carbocycles. The molecule has 17 heavy (non-hydrogen) atoms. The standard InChI is InChI=1S/C14H22N2O/c1-11(2)14-10-16(7-6-15-14)9-12-4-3-5-13(17)8-12/h3-5,8,11,14-15,17H,6-7,9-10H2,1-2H3. The van der Waals surface area contributed by atoms with Crippen molar-refractivity contribution in [1.82, 2.24) is 10.2 Å². The lowest BCUT2D eigenvalue weighted by Gasteiger charge is -2.35. The van der Waals surface area contributed by atoms with Crippen LogP contribution in [0, 0.1) is 5.92 Å². The number of piperazine rings is 1. The number of phenols is 1. The Kier molecular flexibility index (Phi) is 4.02. The second-order valence-corrected chi connectivity index (χ2v) is 5.21. The first-order valence-electron chi connectivity index (χ1n) is 6.39. The molecule has 1 saturated heterocycles. The Balaban J connectivity index is 1.94. The first kappa shape index (κ1) is 12.4. The van der Waals surface area contributed by atoms with Crippen LogP contribution in [0.15, 0.2) is 24.3 Å². The van der Waals surface area contributed by atoms with Crippen LogP contribution in [0.1, 0.15) is 19.4 Å². The largest absolute Gasteiger partial charge is 0.508 e. The van der Waals surface area contributed by atoms with Gasteiger partial charge < -0.3 is 10.4 Å². The minimum Gasteiger partial charge on any atom is -0.508 e. The number of benzene rings is 1. The number of phenolic OH excluding ortho intramolecular Hbond substituents is 1. The van der Waals surface area contributed by atoms with Gasteiger partial charge in [0.1, 0.15) is 5.75 Å². The SMILES string of the molecule is CC(C)C1CN(Cc2cccc(O)c2)CCN1. The van der Waals surface area contributed by atoms with Crippen molar-refractivity contribution in [3.8, 4) is 5.75 Å². The lowest BCUT2D eigenvalue weighted by atomic mass is 10.0. The summed E-state index contributed by atoms with van der Waals surface area (Å²) in [4.78, 5) is 2.45. The van der Waals surface area contributed by atoms with E-state index in [1.54, 1.807) is 6.07 Å². The molecule has 0 aromatic heterocycles. The van der Waals surface area contributed by atoms with Crippen molar-refractivity contribution in [2.75, 3.05) is 19.6 Å². The zero-order valence-electron chi connectivity index (χ0n) is 10.7. The maximum absolute atomic E-state index is 9.45. The third-order valence-electron chi connectivity index (χ3n) is 3.41. The van der Waals surface area contributed by atoms with Crippen LogP contribution in [0.3, 0.4) is 0 Å². The predicted molar refractivity (Wildman–Crippen MR) is 70.0 cm³/mol. The molecule has 1 aromatic rings. The predicted octanol–water partition coefficient (Wildman–Crippen LogP) is 1.82. The van der Waals surface area contributed by atoms with Crippen molar-refractivity contribution in [2.24, 2.45) is 5.92 Å². The molecule has 2 N–H and O–H groups in total. The molecule has 2 rings (SSSR count). The van der Waals surface area contributed by atoms with Crippen molar-refractivity contribution < 1.29 is 5.11 Å². The van der Waals surface area contributed by atoms with Crippen LogP contribution in [0.2, 0.25) is 0 Å². The second kappa shape index (κ2) is 5.52. The summed E-state index contributed by atoms with van der Waals surface area (Å²) < 4.78 is 0. The Morgan fingerprint density at radius 2 is 2.29 bits per heavy atom. The van der Waals surface area contributed by atoms with Crippen molar-refractivity contribution in [2.45, 2.75) is 26.4 Å². The molecule has 94 valence electrons. The van der Waals surface area contributed by atoms with Gasteiger partial charge in [0, 0.05) is 32.2 Å². The smallest absolute Gasteiger partial charge is 0.115 e. The highest BCUT2D eigenvalue weighted by atomic mass is 16.3. The summed E-state index contributed by atoms with van der Waals surface area (Å²) in [5, 5.41) is 13.0. The number of aromatic hydroxyl groups is 1. The summed E-state index contributed by atoms with van der Waals surface area (Å²) in [6.45, 7) is 8.68. The molecule has 1 heterocycles. The fourth-order valence-corrected chi connectivity index (χ4v) is 2.35. The molecule has 0 radical (unpaired) electrons. The van der Waals surface area contributed by atoms with Gasteiger partial charge in [0.05, 0.1) is 0 Å². The van der Waals surface area contributed by atoms with Gasteiger partial charge in [-0.25, -0.2) is 0 Å². The van der Waals surface area contributed by atoms with Crippen LogP contribution >= 0.6 is 0 Å². The molecule has 0 aliphatic carbocycles. The van der Waals surface area contributed by atoms with Gasteiger partial charge in [-0.1, -0.05) is 26.0 Å². The minimum absolute atomic E-state index is 0.359. The second-order valence-electron chi connectivity index (χ2n) is 5.21. The summed E-state index contributed by atoms with van der Waals surface area (Å²) in [5.41, 5.74) is 1.19. The summed E-state index contributed by atoms with van der Waals surface area (Å²) in [6, 6.07) is 8.14. The van der Waals surface area contributed by atoms with E-state index in [1.807, 2.05) is 12.1 Å². The third-order valence-corrected chi connectivity index (χ3v) is 3.41. The van der Waals surface area contributed by atoms with E-state index in [0.29, 0.717) is 17.7 Å². The van der Waals surface area contributed by atoms with Crippen LogP contribution in [-0.4, -0.2) is 35.7 Å². The molecule has 1 aliphatic rings. The molecular formula is C14H22N2O. The van der Waals surface area contributed by atoms with Crippen LogP contribution in [0.5, 0.6) is 5.75 Å². The molecule has 1 aliphatic heterocycles. The summed E-state index contributed by atoms with van der Waals surface area (Å²) in [5.74, 6) is 1.03. The van der Waals surface area contributed by atoms with E-state index in [0.717, 1.165) is 26.2 Å². The third kappa shape index (κ3) is 3.45. The zero-order chi connectivity index (χ0) is 12.3. The van der Waals surface area contributed by atoms with Crippen molar-refractivity contribution >= 4 is 0 Å². The van der Waals surface area contributed by atoms with Gasteiger partial charge in [0.25, 0.3) is 0 Å².